The van der Waals surface area contributed by atoms with Crippen LogP contribution in [0.3, 0.4) is 0 Å². The highest BCUT2D eigenvalue weighted by molar-refractivity contribution is 7.09. The molecule has 0 radical (unpaired) electrons. The third-order valence-electron chi connectivity index (χ3n) is 3.32. The first-order chi connectivity index (χ1) is 9.76. The lowest BCUT2D eigenvalue weighted by molar-refractivity contribution is 0.234. The molecule has 1 heterocycles. The summed E-state index contributed by atoms with van der Waals surface area (Å²) < 4.78 is 5.73. The number of hydrogen-bond acceptors (Lipinski definition) is 4. The topological polar surface area (TPSA) is 38.5 Å². The quantitative estimate of drug-likeness (QED) is 0.850. The van der Waals surface area contributed by atoms with Crippen molar-refractivity contribution in [2.75, 3.05) is 20.2 Å². The Bertz CT molecular complexity index is 513. The van der Waals surface area contributed by atoms with E-state index in [1.165, 1.54) is 4.88 Å². The third kappa shape index (κ3) is 3.60. The zero-order chi connectivity index (χ0) is 14.4. The van der Waals surface area contributed by atoms with E-state index in [0.717, 1.165) is 17.9 Å². The molecule has 1 unspecified atom stereocenters. The van der Waals surface area contributed by atoms with Crippen molar-refractivity contribution in [3.63, 3.8) is 0 Å². The maximum atomic E-state index is 6.01. The average Bonchev–Trinajstić information content (AvgIpc) is 2.94. The first kappa shape index (κ1) is 15.0. The normalized spacial score (nSPS) is 12.6. The van der Waals surface area contributed by atoms with E-state index in [0.29, 0.717) is 13.2 Å². The molecule has 0 fully saturated rings. The predicted molar refractivity (Wildman–Crippen MR) is 85.2 cm³/mol. The molecule has 0 aliphatic carbocycles. The number of likely N-dealkylation sites (N-methyl/N-ethyl adjacent to an activating group) is 1. The monoisotopic (exact) mass is 290 g/mol. The van der Waals surface area contributed by atoms with Gasteiger partial charge in [0, 0.05) is 23.5 Å². The zero-order valence-electron chi connectivity index (χ0n) is 12.1. The fourth-order valence-electron chi connectivity index (χ4n) is 2.35. The lowest BCUT2D eigenvalue weighted by atomic mass is 10.0. The molecule has 1 atom stereocenters. The Kier molecular flexibility index (Phi) is 5.59. The van der Waals surface area contributed by atoms with Crippen LogP contribution in [0.5, 0.6) is 5.75 Å². The van der Waals surface area contributed by atoms with Gasteiger partial charge in [0.05, 0.1) is 12.6 Å². The molecule has 2 rings (SSSR count). The molecule has 2 N–H and O–H groups in total. The number of thiophene rings is 1. The van der Waals surface area contributed by atoms with Crippen molar-refractivity contribution in [2.24, 2.45) is 5.73 Å². The van der Waals surface area contributed by atoms with Gasteiger partial charge in [-0.3, -0.25) is 4.90 Å². The molecule has 2 aromatic rings. The molecule has 1 aromatic carbocycles. The first-order valence-electron chi connectivity index (χ1n) is 6.90. The molecule has 0 bridgehead atoms. The Labute approximate surface area is 125 Å². The number of para-hydroxylation sites is 1. The second-order valence-electron chi connectivity index (χ2n) is 4.72. The van der Waals surface area contributed by atoms with Gasteiger partial charge < -0.3 is 10.5 Å². The van der Waals surface area contributed by atoms with Gasteiger partial charge in [0.15, 0.2) is 0 Å². The van der Waals surface area contributed by atoms with Crippen molar-refractivity contribution < 1.29 is 4.74 Å². The SMILES string of the molecule is CCOc1ccccc1C(CN)N(C)Cc1cccs1. The minimum Gasteiger partial charge on any atom is -0.494 e. The van der Waals surface area contributed by atoms with Gasteiger partial charge in [-0.2, -0.15) is 0 Å². The maximum absolute atomic E-state index is 6.01. The molecule has 3 nitrogen and oxygen atoms in total. The Morgan fingerprint density at radius 3 is 2.70 bits per heavy atom. The minimum atomic E-state index is 0.167. The lowest BCUT2D eigenvalue weighted by Crippen LogP contribution is -2.30. The highest BCUT2D eigenvalue weighted by Gasteiger charge is 2.19. The summed E-state index contributed by atoms with van der Waals surface area (Å²) in [5, 5.41) is 2.11. The number of nitrogens with two attached hydrogens (primary N) is 1. The van der Waals surface area contributed by atoms with Gasteiger partial charge in [-0.05, 0) is 31.5 Å². The molecule has 1 aromatic heterocycles. The van der Waals surface area contributed by atoms with Gasteiger partial charge in [0.25, 0.3) is 0 Å². The van der Waals surface area contributed by atoms with E-state index < -0.39 is 0 Å². The number of ether oxygens (including phenoxy) is 1. The molecular formula is C16H22N2OS. The Balaban J connectivity index is 2.18. The summed E-state index contributed by atoms with van der Waals surface area (Å²) in [6.45, 7) is 4.15. The van der Waals surface area contributed by atoms with Crippen LogP contribution in [0.25, 0.3) is 0 Å². The number of benzene rings is 1. The molecule has 4 heteroatoms. The van der Waals surface area contributed by atoms with Crippen LogP contribution < -0.4 is 10.5 Å². The first-order valence-corrected chi connectivity index (χ1v) is 7.78. The second kappa shape index (κ2) is 7.43. The molecule has 0 aliphatic heterocycles. The van der Waals surface area contributed by atoms with Crippen molar-refractivity contribution >= 4 is 11.3 Å². The minimum absolute atomic E-state index is 0.167. The van der Waals surface area contributed by atoms with E-state index >= 15 is 0 Å². The summed E-state index contributed by atoms with van der Waals surface area (Å²) in [4.78, 5) is 3.63. The highest BCUT2D eigenvalue weighted by atomic mass is 32.1. The van der Waals surface area contributed by atoms with Gasteiger partial charge >= 0.3 is 0 Å². The summed E-state index contributed by atoms with van der Waals surface area (Å²) in [5.41, 5.74) is 7.17. The van der Waals surface area contributed by atoms with E-state index in [4.69, 9.17) is 10.5 Å². The van der Waals surface area contributed by atoms with Crippen molar-refractivity contribution in [1.82, 2.24) is 4.90 Å². The van der Waals surface area contributed by atoms with Crippen LogP contribution in [0, 0.1) is 0 Å². The summed E-state index contributed by atoms with van der Waals surface area (Å²) in [6.07, 6.45) is 0. The Morgan fingerprint density at radius 1 is 1.25 bits per heavy atom. The van der Waals surface area contributed by atoms with Crippen LogP contribution in [0.15, 0.2) is 41.8 Å². The van der Waals surface area contributed by atoms with Crippen LogP contribution in [-0.4, -0.2) is 25.1 Å². The smallest absolute Gasteiger partial charge is 0.124 e. The van der Waals surface area contributed by atoms with Crippen molar-refractivity contribution in [3.8, 4) is 5.75 Å². The lowest BCUT2D eigenvalue weighted by Gasteiger charge is -2.28. The fourth-order valence-corrected chi connectivity index (χ4v) is 3.11. The molecular weight excluding hydrogens is 268 g/mol. The average molecular weight is 290 g/mol. The van der Waals surface area contributed by atoms with Crippen molar-refractivity contribution in [1.29, 1.82) is 0 Å². The van der Waals surface area contributed by atoms with Crippen molar-refractivity contribution in [3.05, 3.63) is 52.2 Å². The maximum Gasteiger partial charge on any atom is 0.124 e. The molecule has 0 saturated heterocycles. The predicted octanol–water partition coefficient (Wildman–Crippen LogP) is 3.28. The second-order valence-corrected chi connectivity index (χ2v) is 5.75. The van der Waals surface area contributed by atoms with Gasteiger partial charge in [-0.15, -0.1) is 11.3 Å². The summed E-state index contributed by atoms with van der Waals surface area (Å²) in [6, 6.07) is 12.6. The molecule has 20 heavy (non-hydrogen) atoms. The fraction of sp³-hybridized carbons (Fsp3) is 0.375. The van der Waals surface area contributed by atoms with Crippen LogP contribution in [0.4, 0.5) is 0 Å². The van der Waals surface area contributed by atoms with E-state index in [1.54, 1.807) is 11.3 Å². The highest BCUT2D eigenvalue weighted by Crippen LogP contribution is 2.29. The van der Waals surface area contributed by atoms with E-state index in [-0.39, 0.29) is 6.04 Å². The van der Waals surface area contributed by atoms with Crippen LogP contribution in [0.2, 0.25) is 0 Å². The molecule has 0 saturated carbocycles. The Hall–Kier alpha value is -1.36. The largest absolute Gasteiger partial charge is 0.494 e. The molecule has 0 amide bonds. The number of nitrogens with zero attached hydrogens (tertiary/aromatic N) is 1. The van der Waals surface area contributed by atoms with Gasteiger partial charge in [0.1, 0.15) is 5.75 Å². The van der Waals surface area contributed by atoms with Crippen LogP contribution in [0.1, 0.15) is 23.4 Å². The third-order valence-corrected chi connectivity index (χ3v) is 4.18. The van der Waals surface area contributed by atoms with Gasteiger partial charge in [0.2, 0.25) is 0 Å². The van der Waals surface area contributed by atoms with E-state index in [2.05, 4.69) is 35.5 Å². The summed E-state index contributed by atoms with van der Waals surface area (Å²) in [7, 11) is 2.11. The standard InChI is InChI=1S/C16H22N2OS/c1-3-19-16-9-5-4-8-14(16)15(11-17)18(2)12-13-7-6-10-20-13/h4-10,15H,3,11-12,17H2,1-2H3. The molecule has 0 aliphatic rings. The number of rotatable bonds is 7. The summed E-state index contributed by atoms with van der Waals surface area (Å²) in [5.74, 6) is 0.934. The van der Waals surface area contributed by atoms with Gasteiger partial charge in [-0.25, -0.2) is 0 Å². The molecule has 108 valence electrons. The zero-order valence-corrected chi connectivity index (χ0v) is 12.9. The van der Waals surface area contributed by atoms with Crippen molar-refractivity contribution in [2.45, 2.75) is 19.5 Å². The van der Waals surface area contributed by atoms with Crippen LogP contribution >= 0.6 is 11.3 Å². The summed E-state index contributed by atoms with van der Waals surface area (Å²) >= 11 is 1.78. The number of hydrogen-bond donors (Lipinski definition) is 1. The van der Waals surface area contributed by atoms with Crippen LogP contribution in [-0.2, 0) is 6.54 Å². The Morgan fingerprint density at radius 2 is 2.05 bits per heavy atom. The van der Waals surface area contributed by atoms with E-state index in [9.17, 15) is 0 Å². The van der Waals surface area contributed by atoms with Gasteiger partial charge in [-0.1, -0.05) is 24.3 Å². The molecule has 0 spiro atoms. The van der Waals surface area contributed by atoms with E-state index in [1.807, 2.05) is 25.1 Å².